The second-order valence-electron chi connectivity index (χ2n) is 7.48. The zero-order chi connectivity index (χ0) is 20.8. The van der Waals surface area contributed by atoms with Gasteiger partial charge in [-0.3, -0.25) is 4.79 Å². The van der Waals surface area contributed by atoms with Crippen molar-refractivity contribution in [2.45, 2.75) is 19.0 Å². The fourth-order valence-corrected chi connectivity index (χ4v) is 4.71. The van der Waals surface area contributed by atoms with Gasteiger partial charge in [-0.1, -0.05) is 47.6 Å². The molecule has 1 N–H and O–H groups in total. The van der Waals surface area contributed by atoms with Gasteiger partial charge < -0.3 is 14.4 Å². The van der Waals surface area contributed by atoms with E-state index in [9.17, 15) is 4.79 Å². The Bertz CT molecular complexity index is 1390. The van der Waals surface area contributed by atoms with Crippen LogP contribution in [-0.4, -0.2) is 30.9 Å². The average Bonchev–Trinajstić information content (AvgIpc) is 3.58. The maximum absolute atomic E-state index is 13.2. The first-order valence-electron chi connectivity index (χ1n) is 9.94. The molecule has 1 aliphatic heterocycles. The molecule has 1 atom stereocenters. The number of carbonyl (C=O) groups is 1. The molecule has 1 amide bonds. The highest BCUT2D eigenvalue weighted by atomic mass is 32.1. The van der Waals surface area contributed by atoms with E-state index < -0.39 is 0 Å². The van der Waals surface area contributed by atoms with Gasteiger partial charge in [-0.25, -0.2) is 4.98 Å². The van der Waals surface area contributed by atoms with Crippen molar-refractivity contribution < 1.29 is 9.32 Å². The minimum atomic E-state index is -0.368. The lowest BCUT2D eigenvalue weighted by molar-refractivity contribution is 0.0595. The summed E-state index contributed by atoms with van der Waals surface area (Å²) in [5.41, 5.74) is 2.74. The average molecular weight is 427 g/mol. The molecule has 7 nitrogen and oxygen atoms in total. The van der Waals surface area contributed by atoms with Crippen molar-refractivity contribution in [3.05, 3.63) is 88.5 Å². The molecule has 5 aromatic rings. The van der Waals surface area contributed by atoms with Gasteiger partial charge in [0, 0.05) is 12.0 Å². The largest absolute Gasteiger partial charge is 0.347 e. The number of hydrogen-bond donors (Lipinski definition) is 1. The number of nitrogens with one attached hydrogen (secondary N) is 1. The first-order valence-corrected chi connectivity index (χ1v) is 10.8. The molecule has 4 heterocycles. The van der Waals surface area contributed by atoms with E-state index in [1.165, 1.54) is 11.3 Å². The Morgan fingerprint density at radius 1 is 1.13 bits per heavy atom. The highest BCUT2D eigenvalue weighted by Crippen LogP contribution is 2.34. The van der Waals surface area contributed by atoms with Crippen LogP contribution in [0.5, 0.6) is 0 Å². The lowest BCUT2D eigenvalue weighted by atomic mass is 10.0. The van der Waals surface area contributed by atoms with Crippen molar-refractivity contribution in [3.8, 4) is 11.4 Å². The van der Waals surface area contributed by atoms with Crippen LogP contribution in [0.2, 0.25) is 0 Å². The maximum atomic E-state index is 13.2. The number of nitrogens with zero attached hydrogens (tertiary/aromatic N) is 4. The maximum Gasteiger partial charge on any atom is 0.264 e. The highest BCUT2D eigenvalue weighted by Gasteiger charge is 2.36. The third-order valence-electron chi connectivity index (χ3n) is 5.63. The molecule has 0 spiro atoms. The predicted octanol–water partition coefficient (Wildman–Crippen LogP) is 4.61. The topological polar surface area (TPSA) is 87.9 Å². The summed E-state index contributed by atoms with van der Waals surface area (Å²) in [7, 11) is 0. The molecule has 0 saturated heterocycles. The molecule has 152 valence electrons. The van der Waals surface area contributed by atoms with Crippen LogP contribution in [0.3, 0.4) is 0 Å². The van der Waals surface area contributed by atoms with Crippen molar-refractivity contribution in [1.29, 1.82) is 0 Å². The highest BCUT2D eigenvalue weighted by molar-refractivity contribution is 7.12. The number of hydrogen-bond acceptors (Lipinski definition) is 6. The zero-order valence-corrected chi connectivity index (χ0v) is 17.2. The van der Waals surface area contributed by atoms with Gasteiger partial charge in [-0.05, 0) is 28.3 Å². The number of fused-ring (bicyclic) bond motifs is 2. The first kappa shape index (κ1) is 18.0. The van der Waals surface area contributed by atoms with Crippen molar-refractivity contribution in [2.75, 3.05) is 0 Å². The number of thiophene rings is 1. The number of benzene rings is 2. The van der Waals surface area contributed by atoms with Gasteiger partial charge >= 0.3 is 0 Å². The molecule has 0 radical (unpaired) electrons. The Labute approximate surface area is 181 Å². The summed E-state index contributed by atoms with van der Waals surface area (Å²) >= 11 is 1.42. The van der Waals surface area contributed by atoms with Crippen LogP contribution < -0.4 is 0 Å². The predicted molar refractivity (Wildman–Crippen MR) is 116 cm³/mol. The van der Waals surface area contributed by atoms with Gasteiger partial charge in [0.25, 0.3) is 5.91 Å². The molecule has 0 aliphatic carbocycles. The quantitative estimate of drug-likeness (QED) is 0.454. The third-order valence-corrected chi connectivity index (χ3v) is 6.48. The van der Waals surface area contributed by atoms with Crippen molar-refractivity contribution >= 4 is 28.0 Å². The summed E-state index contributed by atoms with van der Waals surface area (Å²) < 4.78 is 5.67. The van der Waals surface area contributed by atoms with Gasteiger partial charge in [-0.2, -0.15) is 4.98 Å². The summed E-state index contributed by atoms with van der Waals surface area (Å²) in [6.07, 6.45) is 2.18. The third kappa shape index (κ3) is 3.12. The molecule has 3 aromatic heterocycles. The molecule has 8 heteroatoms. The monoisotopic (exact) mass is 427 g/mol. The van der Waals surface area contributed by atoms with Crippen molar-refractivity contribution in [1.82, 2.24) is 25.0 Å². The number of aromatic nitrogens is 4. The smallest absolute Gasteiger partial charge is 0.264 e. The number of rotatable bonds is 3. The van der Waals surface area contributed by atoms with Crippen molar-refractivity contribution in [3.63, 3.8) is 0 Å². The van der Waals surface area contributed by atoms with Crippen LogP contribution in [0, 0.1) is 0 Å². The summed E-state index contributed by atoms with van der Waals surface area (Å²) in [6, 6.07) is 17.6. The summed E-state index contributed by atoms with van der Waals surface area (Å²) in [5, 5.41) is 8.38. The summed E-state index contributed by atoms with van der Waals surface area (Å²) in [4.78, 5) is 27.9. The molecular weight excluding hydrogens is 410 g/mol. The minimum Gasteiger partial charge on any atom is -0.347 e. The van der Waals surface area contributed by atoms with E-state index in [2.05, 4.69) is 32.2 Å². The minimum absolute atomic E-state index is 0.0503. The lowest BCUT2D eigenvalue weighted by Gasteiger charge is -2.32. The normalized spacial score (nSPS) is 15.9. The van der Waals surface area contributed by atoms with E-state index in [0.29, 0.717) is 29.6 Å². The molecule has 6 rings (SSSR count). The van der Waals surface area contributed by atoms with Crippen LogP contribution in [0.25, 0.3) is 22.2 Å². The SMILES string of the molecule is O=C(c1cccs1)N1Cc2[nH]cnc2C[C@H]1c1nc(-c2ccc3ccccc3c2)no1. The molecule has 0 unspecified atom stereocenters. The van der Waals surface area contributed by atoms with E-state index >= 15 is 0 Å². The van der Waals surface area contributed by atoms with Crippen LogP contribution in [0.15, 0.2) is 70.8 Å². The van der Waals surface area contributed by atoms with Gasteiger partial charge in [0.05, 0.1) is 29.1 Å². The van der Waals surface area contributed by atoms with E-state index in [1.807, 2.05) is 47.8 Å². The molecule has 2 aromatic carbocycles. The molecule has 0 bridgehead atoms. The number of carbonyl (C=O) groups excluding carboxylic acids is 1. The first-order chi connectivity index (χ1) is 15.3. The molecule has 31 heavy (non-hydrogen) atoms. The Balaban J connectivity index is 1.37. The van der Waals surface area contributed by atoms with E-state index in [4.69, 9.17) is 4.52 Å². The van der Waals surface area contributed by atoms with E-state index in [0.717, 1.165) is 27.7 Å². The Morgan fingerprint density at radius 3 is 2.90 bits per heavy atom. The second-order valence-corrected chi connectivity index (χ2v) is 8.42. The van der Waals surface area contributed by atoms with Gasteiger partial charge in [-0.15, -0.1) is 11.3 Å². The number of amides is 1. The number of H-pyrrole nitrogens is 1. The van der Waals surface area contributed by atoms with Crippen LogP contribution in [-0.2, 0) is 13.0 Å². The Hall–Kier alpha value is -3.78. The van der Waals surface area contributed by atoms with Gasteiger partial charge in [0.2, 0.25) is 11.7 Å². The van der Waals surface area contributed by atoms with Crippen LogP contribution in [0.1, 0.15) is 33.0 Å². The molecular formula is C23H17N5O2S. The Morgan fingerprint density at radius 2 is 2.03 bits per heavy atom. The summed E-state index contributed by atoms with van der Waals surface area (Å²) in [6.45, 7) is 0.421. The second kappa shape index (κ2) is 7.17. The lowest BCUT2D eigenvalue weighted by Crippen LogP contribution is -2.38. The van der Waals surface area contributed by atoms with Crippen LogP contribution in [0.4, 0.5) is 0 Å². The number of imidazole rings is 1. The fourth-order valence-electron chi connectivity index (χ4n) is 4.03. The molecule has 0 saturated carbocycles. The zero-order valence-electron chi connectivity index (χ0n) is 16.4. The van der Waals surface area contributed by atoms with E-state index in [-0.39, 0.29) is 11.9 Å². The van der Waals surface area contributed by atoms with Crippen molar-refractivity contribution in [2.24, 2.45) is 0 Å². The fraction of sp³-hybridized carbons (Fsp3) is 0.130. The van der Waals surface area contributed by atoms with Crippen LogP contribution >= 0.6 is 11.3 Å². The molecule has 1 aliphatic rings. The molecule has 0 fully saturated rings. The standard InChI is InChI=1S/C23H17N5O2S/c29-23(20-6-3-9-31-20)28-12-18-17(24-13-25-18)11-19(28)22-26-21(27-30-22)16-8-7-14-4-1-2-5-15(14)10-16/h1-10,13,19H,11-12H2,(H,24,25)/t19-/m0/s1. The van der Waals surface area contributed by atoms with Gasteiger partial charge in [0.15, 0.2) is 0 Å². The summed E-state index contributed by atoms with van der Waals surface area (Å²) in [5.74, 6) is 0.879. The Kier molecular flexibility index (Phi) is 4.17. The van der Waals surface area contributed by atoms with E-state index in [1.54, 1.807) is 11.2 Å². The number of aromatic amines is 1. The van der Waals surface area contributed by atoms with Gasteiger partial charge in [0.1, 0.15) is 6.04 Å².